The predicted molar refractivity (Wildman–Crippen MR) is 66.7 cm³/mol. The minimum Gasteiger partial charge on any atom is -0.459 e. The maximum atomic E-state index is 12.4. The highest BCUT2D eigenvalue weighted by Crippen LogP contribution is 2.30. The molecule has 2 atom stereocenters. The van der Waals surface area contributed by atoms with E-state index in [0.717, 1.165) is 17.2 Å². The molecule has 1 aromatic heterocycles. The van der Waals surface area contributed by atoms with Gasteiger partial charge < -0.3 is 9.64 Å². The number of rotatable bonds is 1. The summed E-state index contributed by atoms with van der Waals surface area (Å²) in [5.41, 5.74) is 2.03. The largest absolute Gasteiger partial charge is 0.459 e. The van der Waals surface area contributed by atoms with Crippen LogP contribution in [0.5, 0.6) is 0 Å². The number of hydrogen-bond acceptors (Lipinski definition) is 6. The number of morpholine rings is 1. The summed E-state index contributed by atoms with van der Waals surface area (Å²) in [5.74, 6) is -0.431. The van der Waals surface area contributed by atoms with Gasteiger partial charge in [0, 0.05) is 12.0 Å². The molecule has 6 nitrogen and oxygen atoms in total. The van der Waals surface area contributed by atoms with Crippen molar-refractivity contribution in [2.75, 3.05) is 6.54 Å². The lowest BCUT2D eigenvalue weighted by molar-refractivity contribution is -0.149. The minimum absolute atomic E-state index is 0.133. The lowest BCUT2D eigenvalue weighted by Gasteiger charge is -2.25. The van der Waals surface area contributed by atoms with Crippen molar-refractivity contribution in [1.82, 2.24) is 13.6 Å². The van der Waals surface area contributed by atoms with E-state index in [4.69, 9.17) is 4.74 Å². The molecule has 2 unspecified atom stereocenters. The van der Waals surface area contributed by atoms with Gasteiger partial charge in [0.25, 0.3) is 5.91 Å². The highest BCUT2D eigenvalue weighted by Gasteiger charge is 2.48. The molecule has 0 aliphatic carbocycles. The van der Waals surface area contributed by atoms with Crippen LogP contribution in [0.15, 0.2) is 18.2 Å². The first-order valence-corrected chi connectivity index (χ1v) is 6.69. The van der Waals surface area contributed by atoms with Crippen LogP contribution in [0.25, 0.3) is 11.0 Å². The van der Waals surface area contributed by atoms with Gasteiger partial charge in [0.05, 0.1) is 18.3 Å². The van der Waals surface area contributed by atoms with Gasteiger partial charge in [-0.2, -0.15) is 8.75 Å². The molecule has 2 aliphatic heterocycles. The number of hydrogen-bond donors (Lipinski definition) is 0. The van der Waals surface area contributed by atoms with Crippen LogP contribution in [0.3, 0.4) is 0 Å². The summed E-state index contributed by atoms with van der Waals surface area (Å²) in [4.78, 5) is 25.5. The molecular formula is C12H9N3O3S. The topological polar surface area (TPSA) is 72.4 Å². The molecule has 0 spiro atoms. The van der Waals surface area contributed by atoms with Crippen LogP contribution < -0.4 is 0 Å². The third-order valence-corrected chi connectivity index (χ3v) is 4.14. The first-order valence-electron chi connectivity index (χ1n) is 5.96. The molecule has 2 saturated heterocycles. The molecule has 2 aliphatic rings. The Morgan fingerprint density at radius 2 is 2.21 bits per heavy atom. The number of ether oxygens (including phenoxy) is 1. The highest BCUT2D eigenvalue weighted by molar-refractivity contribution is 7.00. The Morgan fingerprint density at radius 1 is 1.37 bits per heavy atom. The molecule has 0 saturated carbocycles. The van der Waals surface area contributed by atoms with Gasteiger partial charge in [-0.25, -0.2) is 4.79 Å². The van der Waals surface area contributed by atoms with Crippen molar-refractivity contribution in [3.63, 3.8) is 0 Å². The Balaban J connectivity index is 1.68. The summed E-state index contributed by atoms with van der Waals surface area (Å²) >= 11 is 1.12. The molecule has 1 amide bonds. The second kappa shape index (κ2) is 3.74. The zero-order valence-electron chi connectivity index (χ0n) is 9.78. The Labute approximate surface area is 112 Å². The van der Waals surface area contributed by atoms with Gasteiger partial charge in [-0.1, -0.05) is 0 Å². The third kappa shape index (κ3) is 1.54. The van der Waals surface area contributed by atoms with E-state index in [0.29, 0.717) is 24.0 Å². The number of amides is 1. The van der Waals surface area contributed by atoms with Crippen molar-refractivity contribution in [3.8, 4) is 0 Å². The van der Waals surface area contributed by atoms with Crippen molar-refractivity contribution >= 4 is 34.6 Å². The van der Waals surface area contributed by atoms with Crippen molar-refractivity contribution < 1.29 is 14.3 Å². The number of carbonyl (C=O) groups is 2. The van der Waals surface area contributed by atoms with Gasteiger partial charge in [-0.3, -0.25) is 4.79 Å². The lowest BCUT2D eigenvalue weighted by atomic mass is 10.1. The first kappa shape index (κ1) is 10.9. The summed E-state index contributed by atoms with van der Waals surface area (Å²) < 4.78 is 13.3. The van der Waals surface area contributed by atoms with E-state index >= 15 is 0 Å². The van der Waals surface area contributed by atoms with Gasteiger partial charge in [0.1, 0.15) is 23.2 Å². The lowest BCUT2D eigenvalue weighted by Crippen LogP contribution is -2.44. The van der Waals surface area contributed by atoms with Crippen LogP contribution in [-0.4, -0.2) is 44.2 Å². The number of benzene rings is 1. The Morgan fingerprint density at radius 3 is 3.00 bits per heavy atom. The van der Waals surface area contributed by atoms with E-state index in [1.807, 2.05) is 0 Å². The molecule has 2 aromatic rings. The summed E-state index contributed by atoms with van der Waals surface area (Å²) in [6.45, 7) is 0.489. The molecule has 1 aromatic carbocycles. The van der Waals surface area contributed by atoms with Crippen molar-refractivity contribution in [3.05, 3.63) is 23.8 Å². The van der Waals surface area contributed by atoms with Crippen LogP contribution in [0, 0.1) is 0 Å². The zero-order valence-corrected chi connectivity index (χ0v) is 10.6. The Kier molecular flexibility index (Phi) is 2.14. The van der Waals surface area contributed by atoms with Gasteiger partial charge in [-0.15, -0.1) is 0 Å². The van der Waals surface area contributed by atoms with Gasteiger partial charge >= 0.3 is 5.97 Å². The fraction of sp³-hybridized carbons (Fsp3) is 0.333. The average molecular weight is 275 g/mol. The van der Waals surface area contributed by atoms with Gasteiger partial charge in [0.2, 0.25) is 0 Å². The average Bonchev–Trinajstić information content (AvgIpc) is 3.10. The van der Waals surface area contributed by atoms with Gasteiger partial charge in [-0.05, 0) is 18.2 Å². The molecule has 0 radical (unpaired) electrons. The second-order valence-electron chi connectivity index (χ2n) is 4.74. The minimum atomic E-state index is -0.415. The third-order valence-electron chi connectivity index (χ3n) is 3.58. The Hall–Kier alpha value is -2.02. The van der Waals surface area contributed by atoms with Crippen molar-refractivity contribution in [2.24, 2.45) is 0 Å². The molecule has 19 heavy (non-hydrogen) atoms. The van der Waals surface area contributed by atoms with E-state index in [1.165, 1.54) is 0 Å². The number of fused-ring (bicyclic) bond motifs is 3. The van der Waals surface area contributed by atoms with Crippen LogP contribution in [0.2, 0.25) is 0 Å². The molecule has 0 N–H and O–H groups in total. The van der Waals surface area contributed by atoms with Crippen LogP contribution in [0.4, 0.5) is 0 Å². The van der Waals surface area contributed by atoms with E-state index in [-0.39, 0.29) is 18.0 Å². The second-order valence-corrected chi connectivity index (χ2v) is 5.26. The van der Waals surface area contributed by atoms with E-state index in [9.17, 15) is 9.59 Å². The molecular weight excluding hydrogens is 266 g/mol. The number of carbonyl (C=O) groups excluding carboxylic acids is 2. The molecule has 4 rings (SSSR count). The SMILES string of the molecule is O=C1OC2CC1N(C(=O)c1ccc3nsnc3c1)C2. The van der Waals surface area contributed by atoms with Crippen LogP contribution in [0.1, 0.15) is 16.8 Å². The number of esters is 1. The fourth-order valence-electron chi connectivity index (χ4n) is 2.65. The fourth-order valence-corrected chi connectivity index (χ4v) is 3.17. The zero-order chi connectivity index (χ0) is 13.0. The molecule has 96 valence electrons. The Bertz CT molecular complexity index is 698. The summed E-state index contributed by atoms with van der Waals surface area (Å²) in [5, 5.41) is 0. The van der Waals surface area contributed by atoms with Crippen LogP contribution in [-0.2, 0) is 9.53 Å². The predicted octanol–water partition coefficient (Wildman–Crippen LogP) is 0.831. The van der Waals surface area contributed by atoms with E-state index in [2.05, 4.69) is 8.75 Å². The van der Waals surface area contributed by atoms with Gasteiger partial charge in [0.15, 0.2) is 0 Å². The van der Waals surface area contributed by atoms with E-state index < -0.39 is 6.04 Å². The summed E-state index contributed by atoms with van der Waals surface area (Å²) in [6.07, 6.45) is 0.483. The first-order chi connectivity index (χ1) is 9.22. The normalized spacial score (nSPS) is 25.1. The van der Waals surface area contributed by atoms with Crippen LogP contribution >= 0.6 is 11.7 Å². The monoisotopic (exact) mass is 275 g/mol. The molecule has 3 heterocycles. The molecule has 2 bridgehead atoms. The van der Waals surface area contributed by atoms with E-state index in [1.54, 1.807) is 23.1 Å². The maximum absolute atomic E-state index is 12.4. The number of aromatic nitrogens is 2. The van der Waals surface area contributed by atoms with Crippen molar-refractivity contribution in [1.29, 1.82) is 0 Å². The number of nitrogens with zero attached hydrogens (tertiary/aromatic N) is 3. The summed E-state index contributed by atoms with van der Waals surface area (Å²) in [7, 11) is 0. The summed E-state index contributed by atoms with van der Waals surface area (Å²) in [6, 6.07) is 4.81. The molecule has 2 fully saturated rings. The number of likely N-dealkylation sites (tertiary alicyclic amines) is 1. The standard InChI is InChI=1S/C12H9N3O3S/c16-11(15-5-7-4-10(15)12(17)18-7)6-1-2-8-9(3-6)14-19-13-8/h1-3,7,10H,4-5H2. The molecule has 7 heteroatoms. The smallest absolute Gasteiger partial charge is 0.329 e. The maximum Gasteiger partial charge on any atom is 0.329 e. The highest BCUT2D eigenvalue weighted by atomic mass is 32.1. The quantitative estimate of drug-likeness (QED) is 0.721. The van der Waals surface area contributed by atoms with Crippen molar-refractivity contribution in [2.45, 2.75) is 18.6 Å².